The van der Waals surface area contributed by atoms with Crippen LogP contribution in [-0.4, -0.2) is 15.1 Å². The lowest BCUT2D eigenvalue weighted by molar-refractivity contribution is 0.526. The maximum absolute atomic E-state index is 5.98. The average Bonchev–Trinajstić information content (AvgIpc) is 2.61. The molecule has 0 radical (unpaired) electrons. The third kappa shape index (κ3) is 1.50. The van der Waals surface area contributed by atoms with Crippen LogP contribution >= 0.6 is 0 Å². The fraction of sp³-hybridized carbons (Fsp3) is 0.667. The summed E-state index contributed by atoms with van der Waals surface area (Å²) in [5.74, 6) is 1.08. The third-order valence-electron chi connectivity index (χ3n) is 2.67. The second kappa shape index (κ2) is 2.59. The van der Waals surface area contributed by atoms with Crippen LogP contribution in [-0.2, 0) is 6.54 Å². The van der Waals surface area contributed by atoms with E-state index in [4.69, 9.17) is 5.73 Å². The summed E-state index contributed by atoms with van der Waals surface area (Å²) in [6, 6.07) is 0. The molecule has 0 amide bonds. The van der Waals surface area contributed by atoms with Crippen LogP contribution in [0.1, 0.15) is 25.1 Å². The largest absolute Gasteiger partial charge is 0.335 e. The van der Waals surface area contributed by atoms with Gasteiger partial charge in [0, 0.05) is 24.5 Å². The molecule has 0 atom stereocenters. The number of hydrogen-bond acceptors (Lipinski definition) is 2. The van der Waals surface area contributed by atoms with Crippen molar-refractivity contribution in [3.8, 4) is 0 Å². The number of aryl methyl sites for hydroxylation is 2. The van der Waals surface area contributed by atoms with Gasteiger partial charge in [0.25, 0.3) is 0 Å². The van der Waals surface area contributed by atoms with Gasteiger partial charge in [-0.05, 0) is 26.2 Å². The highest BCUT2D eigenvalue weighted by Gasteiger charge is 2.37. The van der Waals surface area contributed by atoms with Crippen LogP contribution < -0.4 is 5.73 Å². The quantitative estimate of drug-likeness (QED) is 0.728. The van der Waals surface area contributed by atoms with Gasteiger partial charge in [0.1, 0.15) is 5.82 Å². The van der Waals surface area contributed by atoms with Crippen LogP contribution in [0.3, 0.4) is 0 Å². The molecule has 0 unspecified atom stereocenters. The molecule has 1 saturated carbocycles. The molecule has 12 heavy (non-hydrogen) atoms. The molecule has 2 N–H and O–H groups in total. The highest BCUT2D eigenvalue weighted by atomic mass is 15.1. The Morgan fingerprint density at radius 3 is 2.92 bits per heavy atom. The first-order chi connectivity index (χ1) is 5.70. The first-order valence-corrected chi connectivity index (χ1v) is 4.46. The number of hydrogen-bond donors (Lipinski definition) is 1. The van der Waals surface area contributed by atoms with Crippen molar-refractivity contribution in [1.82, 2.24) is 9.55 Å². The lowest BCUT2D eigenvalue weighted by atomic mass is 10.2. The van der Waals surface area contributed by atoms with Crippen molar-refractivity contribution in [1.29, 1.82) is 0 Å². The van der Waals surface area contributed by atoms with E-state index in [1.54, 1.807) is 0 Å². The fourth-order valence-corrected chi connectivity index (χ4v) is 1.39. The van der Waals surface area contributed by atoms with Gasteiger partial charge in [-0.1, -0.05) is 0 Å². The van der Waals surface area contributed by atoms with Crippen molar-refractivity contribution in [3.63, 3.8) is 0 Å². The van der Waals surface area contributed by atoms with Crippen molar-refractivity contribution in [2.75, 3.05) is 0 Å². The maximum atomic E-state index is 5.98. The lowest BCUT2D eigenvalue weighted by Crippen LogP contribution is -2.23. The van der Waals surface area contributed by atoms with Gasteiger partial charge in [-0.3, -0.25) is 0 Å². The molecule has 1 fully saturated rings. The summed E-state index contributed by atoms with van der Waals surface area (Å²) in [4.78, 5) is 4.16. The molecule has 0 saturated heterocycles. The lowest BCUT2D eigenvalue weighted by Gasteiger charge is -2.09. The summed E-state index contributed by atoms with van der Waals surface area (Å²) in [5, 5.41) is 0. The normalized spacial score (nSPS) is 19.5. The standard InChI is InChI=1S/C9H15N3/c1-8-11-5-7-12(8)6-4-9(10)2-3-9/h5,7H,2-4,6,10H2,1H3. The Labute approximate surface area is 72.6 Å². The Kier molecular flexibility index (Phi) is 1.68. The zero-order valence-electron chi connectivity index (χ0n) is 7.45. The van der Waals surface area contributed by atoms with Gasteiger partial charge in [-0.25, -0.2) is 4.98 Å². The number of imidazole rings is 1. The van der Waals surface area contributed by atoms with Crippen LogP contribution in [0.25, 0.3) is 0 Å². The van der Waals surface area contributed by atoms with Gasteiger partial charge in [0.2, 0.25) is 0 Å². The van der Waals surface area contributed by atoms with Gasteiger partial charge >= 0.3 is 0 Å². The summed E-state index contributed by atoms with van der Waals surface area (Å²) in [7, 11) is 0. The van der Waals surface area contributed by atoms with E-state index in [0.29, 0.717) is 0 Å². The minimum absolute atomic E-state index is 0.163. The molecule has 2 rings (SSSR count). The summed E-state index contributed by atoms with van der Waals surface area (Å²) < 4.78 is 2.16. The molecule has 3 nitrogen and oxygen atoms in total. The second-order valence-electron chi connectivity index (χ2n) is 3.78. The van der Waals surface area contributed by atoms with E-state index in [1.807, 2.05) is 19.3 Å². The van der Waals surface area contributed by atoms with E-state index in [-0.39, 0.29) is 5.54 Å². The van der Waals surface area contributed by atoms with E-state index in [9.17, 15) is 0 Å². The first-order valence-electron chi connectivity index (χ1n) is 4.46. The highest BCUT2D eigenvalue weighted by molar-refractivity contribution is 4.99. The number of rotatable bonds is 3. The molecule has 1 aromatic heterocycles. The topological polar surface area (TPSA) is 43.8 Å². The van der Waals surface area contributed by atoms with Crippen LogP contribution in [0.4, 0.5) is 0 Å². The molecule has 3 heteroatoms. The van der Waals surface area contributed by atoms with Crippen LogP contribution in [0.15, 0.2) is 12.4 Å². The van der Waals surface area contributed by atoms with Crippen molar-refractivity contribution in [2.45, 2.75) is 38.3 Å². The monoisotopic (exact) mass is 165 g/mol. The molecule has 1 aliphatic rings. The molecule has 0 bridgehead atoms. The Balaban J connectivity index is 1.91. The smallest absolute Gasteiger partial charge is 0.105 e. The average molecular weight is 165 g/mol. The molecule has 1 heterocycles. The third-order valence-corrected chi connectivity index (χ3v) is 2.67. The Bertz CT molecular complexity index is 273. The van der Waals surface area contributed by atoms with E-state index >= 15 is 0 Å². The van der Waals surface area contributed by atoms with Gasteiger partial charge in [0.15, 0.2) is 0 Å². The number of nitrogens with zero attached hydrogens (tertiary/aromatic N) is 2. The second-order valence-corrected chi connectivity index (χ2v) is 3.78. The molecular formula is C9H15N3. The van der Waals surface area contributed by atoms with E-state index in [1.165, 1.54) is 12.8 Å². The number of aromatic nitrogens is 2. The molecule has 1 aromatic rings. The van der Waals surface area contributed by atoms with Gasteiger partial charge in [-0.15, -0.1) is 0 Å². The van der Waals surface area contributed by atoms with Crippen molar-refractivity contribution >= 4 is 0 Å². The van der Waals surface area contributed by atoms with Crippen LogP contribution in [0, 0.1) is 6.92 Å². The Hall–Kier alpha value is -0.830. The predicted octanol–water partition coefficient (Wildman–Crippen LogP) is 1.07. The summed E-state index contributed by atoms with van der Waals surface area (Å²) in [5.41, 5.74) is 6.14. The summed E-state index contributed by atoms with van der Waals surface area (Å²) in [6.07, 6.45) is 7.33. The molecule has 0 spiro atoms. The summed E-state index contributed by atoms with van der Waals surface area (Å²) >= 11 is 0. The van der Waals surface area contributed by atoms with Crippen LogP contribution in [0.5, 0.6) is 0 Å². The van der Waals surface area contributed by atoms with E-state index in [0.717, 1.165) is 18.8 Å². The minimum Gasteiger partial charge on any atom is -0.335 e. The zero-order chi connectivity index (χ0) is 8.60. The number of nitrogens with two attached hydrogens (primary N) is 1. The van der Waals surface area contributed by atoms with Crippen molar-refractivity contribution < 1.29 is 0 Å². The van der Waals surface area contributed by atoms with Gasteiger partial charge in [-0.2, -0.15) is 0 Å². The maximum Gasteiger partial charge on any atom is 0.105 e. The van der Waals surface area contributed by atoms with Gasteiger partial charge in [0.05, 0.1) is 0 Å². The fourth-order valence-electron chi connectivity index (χ4n) is 1.39. The first kappa shape index (κ1) is 7.80. The molecular weight excluding hydrogens is 150 g/mol. The molecule has 0 aromatic carbocycles. The molecule has 1 aliphatic carbocycles. The molecule has 66 valence electrons. The van der Waals surface area contributed by atoms with Crippen molar-refractivity contribution in [2.24, 2.45) is 5.73 Å². The molecule has 0 aliphatic heterocycles. The van der Waals surface area contributed by atoms with Crippen LogP contribution in [0.2, 0.25) is 0 Å². The summed E-state index contributed by atoms with van der Waals surface area (Å²) in [6.45, 7) is 3.04. The predicted molar refractivity (Wildman–Crippen MR) is 47.7 cm³/mol. The Morgan fingerprint density at radius 2 is 2.42 bits per heavy atom. The Morgan fingerprint density at radius 1 is 1.67 bits per heavy atom. The van der Waals surface area contributed by atoms with Gasteiger partial charge < -0.3 is 10.3 Å². The van der Waals surface area contributed by atoms with E-state index < -0.39 is 0 Å². The minimum atomic E-state index is 0.163. The van der Waals surface area contributed by atoms with Crippen molar-refractivity contribution in [3.05, 3.63) is 18.2 Å². The highest BCUT2D eigenvalue weighted by Crippen LogP contribution is 2.35. The zero-order valence-corrected chi connectivity index (χ0v) is 7.45. The van der Waals surface area contributed by atoms with E-state index in [2.05, 4.69) is 9.55 Å². The SMILES string of the molecule is Cc1nccn1CCC1(N)CC1.